The van der Waals surface area contributed by atoms with Crippen molar-refractivity contribution in [3.05, 3.63) is 40.3 Å². The Hall–Kier alpha value is -1.08. The van der Waals surface area contributed by atoms with Gasteiger partial charge in [0.25, 0.3) is 0 Å². The molecule has 1 aliphatic rings. The Morgan fingerprint density at radius 1 is 1.14 bits per heavy atom. The van der Waals surface area contributed by atoms with Gasteiger partial charge in [-0.3, -0.25) is 0 Å². The fraction of sp³-hybridized carbons (Fsp3) is 0.231. The molecular weight excluding hydrogens is 188 g/mol. The molecule has 0 atom stereocenters. The SMILES string of the molecule is CC1=Cc2c(sc3ccccc23)CC1. The molecule has 0 amide bonds. The van der Waals surface area contributed by atoms with E-state index < -0.39 is 0 Å². The molecule has 2 aromatic rings. The third-order valence-corrected chi connectivity index (χ3v) is 4.09. The van der Waals surface area contributed by atoms with Gasteiger partial charge in [-0.05, 0) is 36.8 Å². The van der Waals surface area contributed by atoms with Crippen LogP contribution >= 0.6 is 11.3 Å². The van der Waals surface area contributed by atoms with Crippen molar-refractivity contribution >= 4 is 27.5 Å². The third kappa shape index (κ3) is 1.12. The van der Waals surface area contributed by atoms with Crippen molar-refractivity contribution in [1.29, 1.82) is 0 Å². The summed E-state index contributed by atoms with van der Waals surface area (Å²) in [7, 11) is 0. The topological polar surface area (TPSA) is 0 Å². The molecule has 0 saturated heterocycles. The van der Waals surface area contributed by atoms with Crippen LogP contribution in [0.4, 0.5) is 0 Å². The number of hydrogen-bond donors (Lipinski definition) is 0. The van der Waals surface area contributed by atoms with Crippen LogP contribution in [0.3, 0.4) is 0 Å². The van der Waals surface area contributed by atoms with E-state index in [9.17, 15) is 0 Å². The van der Waals surface area contributed by atoms with Gasteiger partial charge < -0.3 is 0 Å². The number of fused-ring (bicyclic) bond motifs is 3. The predicted octanol–water partition coefficient (Wildman–Crippen LogP) is 4.25. The molecule has 70 valence electrons. The first-order valence-electron chi connectivity index (χ1n) is 5.02. The Morgan fingerprint density at radius 2 is 2.00 bits per heavy atom. The van der Waals surface area contributed by atoms with Crippen molar-refractivity contribution in [1.82, 2.24) is 0 Å². The van der Waals surface area contributed by atoms with E-state index in [0.29, 0.717) is 0 Å². The van der Waals surface area contributed by atoms with Crippen LogP contribution in [-0.2, 0) is 6.42 Å². The van der Waals surface area contributed by atoms with Crippen LogP contribution in [0.25, 0.3) is 16.2 Å². The summed E-state index contributed by atoms with van der Waals surface area (Å²) in [6.45, 7) is 2.23. The quantitative estimate of drug-likeness (QED) is 0.596. The number of rotatable bonds is 0. The van der Waals surface area contributed by atoms with Gasteiger partial charge in [-0.25, -0.2) is 0 Å². The first-order chi connectivity index (χ1) is 6.84. The third-order valence-electron chi connectivity index (χ3n) is 2.85. The molecule has 0 fully saturated rings. The number of thiophene rings is 1. The molecular formula is C13H12S. The van der Waals surface area contributed by atoms with E-state index in [2.05, 4.69) is 37.3 Å². The zero-order chi connectivity index (χ0) is 9.54. The van der Waals surface area contributed by atoms with E-state index >= 15 is 0 Å². The molecule has 14 heavy (non-hydrogen) atoms. The average molecular weight is 200 g/mol. The molecule has 3 rings (SSSR count). The lowest BCUT2D eigenvalue weighted by Crippen LogP contribution is -1.92. The fourth-order valence-corrected chi connectivity index (χ4v) is 3.27. The van der Waals surface area contributed by atoms with E-state index in [4.69, 9.17) is 0 Å². The highest BCUT2D eigenvalue weighted by molar-refractivity contribution is 7.19. The van der Waals surface area contributed by atoms with Crippen LogP contribution in [0.2, 0.25) is 0 Å². The first kappa shape index (κ1) is 8.25. The summed E-state index contributed by atoms with van der Waals surface area (Å²) in [5, 5.41) is 1.44. The minimum absolute atomic E-state index is 1.23. The summed E-state index contributed by atoms with van der Waals surface area (Å²) in [6.07, 6.45) is 4.83. The maximum absolute atomic E-state index is 2.36. The number of aryl methyl sites for hydroxylation is 1. The Labute approximate surface area is 87.9 Å². The first-order valence-corrected chi connectivity index (χ1v) is 5.84. The van der Waals surface area contributed by atoms with Gasteiger partial charge in [-0.1, -0.05) is 29.8 Å². The van der Waals surface area contributed by atoms with Gasteiger partial charge in [0.05, 0.1) is 0 Å². The normalized spacial score (nSPS) is 15.4. The zero-order valence-corrected chi connectivity index (χ0v) is 9.03. The predicted molar refractivity (Wildman–Crippen MR) is 63.8 cm³/mol. The van der Waals surface area contributed by atoms with Gasteiger partial charge >= 0.3 is 0 Å². The lowest BCUT2D eigenvalue weighted by atomic mass is 9.98. The smallest absolute Gasteiger partial charge is 0.0351 e. The highest BCUT2D eigenvalue weighted by Crippen LogP contribution is 2.36. The zero-order valence-electron chi connectivity index (χ0n) is 8.21. The van der Waals surface area contributed by atoms with Gasteiger partial charge in [0.2, 0.25) is 0 Å². The molecule has 1 aromatic carbocycles. The Balaban J connectivity index is 2.37. The highest BCUT2D eigenvalue weighted by Gasteiger charge is 2.13. The van der Waals surface area contributed by atoms with Crippen molar-refractivity contribution in [3.8, 4) is 0 Å². The van der Waals surface area contributed by atoms with Crippen LogP contribution in [0, 0.1) is 0 Å². The highest BCUT2D eigenvalue weighted by atomic mass is 32.1. The van der Waals surface area contributed by atoms with Crippen LogP contribution in [0.5, 0.6) is 0 Å². The van der Waals surface area contributed by atoms with Crippen molar-refractivity contribution < 1.29 is 0 Å². The van der Waals surface area contributed by atoms with Crippen molar-refractivity contribution in [2.45, 2.75) is 19.8 Å². The van der Waals surface area contributed by atoms with Crippen molar-refractivity contribution in [3.63, 3.8) is 0 Å². The molecule has 0 aliphatic heterocycles. The monoisotopic (exact) mass is 200 g/mol. The van der Waals surface area contributed by atoms with Crippen molar-refractivity contribution in [2.24, 2.45) is 0 Å². The Morgan fingerprint density at radius 3 is 2.93 bits per heavy atom. The molecule has 1 aromatic heterocycles. The van der Waals surface area contributed by atoms with E-state index in [0.717, 1.165) is 0 Å². The molecule has 0 unspecified atom stereocenters. The standard InChI is InChI=1S/C13H12S/c1-9-6-7-13-11(8-9)10-4-2-3-5-12(10)14-13/h2-5,8H,6-7H2,1H3. The molecule has 0 radical (unpaired) electrons. The lowest BCUT2D eigenvalue weighted by molar-refractivity contribution is 0.950. The molecule has 0 nitrogen and oxygen atoms in total. The van der Waals surface area contributed by atoms with E-state index in [1.807, 2.05) is 11.3 Å². The van der Waals surface area contributed by atoms with E-state index in [1.165, 1.54) is 34.1 Å². The Kier molecular flexibility index (Phi) is 1.74. The molecule has 1 heterocycles. The number of hydrogen-bond acceptors (Lipinski definition) is 1. The van der Waals surface area contributed by atoms with Crippen molar-refractivity contribution in [2.75, 3.05) is 0 Å². The van der Waals surface area contributed by atoms with Gasteiger partial charge in [0, 0.05) is 9.58 Å². The molecule has 1 aliphatic carbocycles. The average Bonchev–Trinajstić information content (AvgIpc) is 2.56. The number of allylic oxidation sites excluding steroid dienone is 1. The minimum atomic E-state index is 1.23. The minimum Gasteiger partial charge on any atom is -0.140 e. The molecule has 1 heteroatoms. The van der Waals surface area contributed by atoms with Gasteiger partial charge in [-0.15, -0.1) is 11.3 Å². The Bertz CT molecular complexity index is 517. The van der Waals surface area contributed by atoms with Gasteiger partial charge in [0.1, 0.15) is 0 Å². The van der Waals surface area contributed by atoms with Gasteiger partial charge in [-0.2, -0.15) is 0 Å². The van der Waals surface area contributed by atoms with Crippen LogP contribution < -0.4 is 0 Å². The molecule has 0 bridgehead atoms. The summed E-state index contributed by atoms with van der Waals surface area (Å²) >= 11 is 1.96. The summed E-state index contributed by atoms with van der Waals surface area (Å²) < 4.78 is 1.43. The summed E-state index contributed by atoms with van der Waals surface area (Å²) in [5.41, 5.74) is 3.00. The second-order valence-corrected chi connectivity index (χ2v) is 5.06. The molecule has 0 saturated carbocycles. The maximum Gasteiger partial charge on any atom is 0.0351 e. The van der Waals surface area contributed by atoms with E-state index in [1.54, 1.807) is 4.88 Å². The number of benzene rings is 1. The van der Waals surface area contributed by atoms with Gasteiger partial charge in [0.15, 0.2) is 0 Å². The van der Waals surface area contributed by atoms with Crippen LogP contribution in [-0.4, -0.2) is 0 Å². The largest absolute Gasteiger partial charge is 0.140 e. The lowest BCUT2D eigenvalue weighted by Gasteiger charge is -2.08. The summed E-state index contributed by atoms with van der Waals surface area (Å²) in [5.74, 6) is 0. The second-order valence-electron chi connectivity index (χ2n) is 3.93. The van der Waals surface area contributed by atoms with Crippen LogP contribution in [0.1, 0.15) is 23.8 Å². The van der Waals surface area contributed by atoms with Crippen LogP contribution in [0.15, 0.2) is 29.8 Å². The van der Waals surface area contributed by atoms with E-state index in [-0.39, 0.29) is 0 Å². The summed E-state index contributed by atoms with van der Waals surface area (Å²) in [4.78, 5) is 1.57. The molecule has 0 N–H and O–H groups in total. The fourth-order valence-electron chi connectivity index (χ4n) is 2.09. The summed E-state index contributed by atoms with van der Waals surface area (Å²) in [6, 6.07) is 8.72. The molecule has 0 spiro atoms. The maximum atomic E-state index is 2.36. The second kappa shape index (κ2) is 2.96.